The SMILES string of the molecule is C=C(C)C(OC(=O)Nc1cc(OC(=O)[O-])c(Cl)cc1F)C(=O)OC. The van der Waals surface area contributed by atoms with Gasteiger partial charge < -0.3 is 24.1 Å². The number of amides is 1. The fraction of sp³-hybridized carbons (Fsp3) is 0.214. The van der Waals surface area contributed by atoms with Gasteiger partial charge in [0, 0.05) is 0 Å². The number of carbonyl (C=O) groups is 3. The first-order chi connectivity index (χ1) is 11.1. The molecule has 1 aromatic carbocycles. The smallest absolute Gasteiger partial charge is 0.412 e. The third kappa shape index (κ3) is 5.13. The summed E-state index contributed by atoms with van der Waals surface area (Å²) in [5.74, 6) is -2.33. The van der Waals surface area contributed by atoms with Crippen LogP contribution in [0.15, 0.2) is 24.3 Å². The van der Waals surface area contributed by atoms with Gasteiger partial charge in [-0.15, -0.1) is 0 Å². The molecule has 1 amide bonds. The first-order valence-corrected chi connectivity index (χ1v) is 6.62. The predicted octanol–water partition coefficient (Wildman–Crippen LogP) is 1.87. The van der Waals surface area contributed by atoms with Crippen molar-refractivity contribution in [2.45, 2.75) is 13.0 Å². The lowest BCUT2D eigenvalue weighted by Gasteiger charge is -2.17. The number of benzene rings is 1. The normalized spacial score (nSPS) is 11.2. The topological polar surface area (TPSA) is 114 Å². The van der Waals surface area contributed by atoms with Crippen LogP contribution in [0, 0.1) is 5.82 Å². The van der Waals surface area contributed by atoms with E-state index in [1.165, 1.54) is 6.92 Å². The van der Waals surface area contributed by atoms with Crippen molar-refractivity contribution < 1.29 is 38.1 Å². The van der Waals surface area contributed by atoms with E-state index < -0.39 is 41.6 Å². The van der Waals surface area contributed by atoms with E-state index in [1.807, 2.05) is 5.32 Å². The molecule has 1 N–H and O–H groups in total. The Morgan fingerprint density at radius 3 is 2.50 bits per heavy atom. The Morgan fingerprint density at radius 1 is 1.38 bits per heavy atom. The Morgan fingerprint density at radius 2 is 2.00 bits per heavy atom. The van der Waals surface area contributed by atoms with Gasteiger partial charge in [-0.2, -0.15) is 0 Å². The van der Waals surface area contributed by atoms with Gasteiger partial charge in [0.15, 0.2) is 0 Å². The predicted molar refractivity (Wildman–Crippen MR) is 78.2 cm³/mol. The highest BCUT2D eigenvalue weighted by Gasteiger charge is 2.25. The number of ether oxygens (including phenoxy) is 3. The molecule has 0 saturated heterocycles. The Balaban J connectivity index is 2.95. The van der Waals surface area contributed by atoms with E-state index in [9.17, 15) is 23.9 Å². The third-order valence-corrected chi connectivity index (χ3v) is 2.83. The maximum absolute atomic E-state index is 13.8. The van der Waals surface area contributed by atoms with E-state index in [1.54, 1.807) is 0 Å². The molecule has 24 heavy (non-hydrogen) atoms. The first-order valence-electron chi connectivity index (χ1n) is 6.24. The van der Waals surface area contributed by atoms with E-state index in [-0.39, 0.29) is 10.6 Å². The molecule has 0 fully saturated rings. The lowest BCUT2D eigenvalue weighted by atomic mass is 10.2. The molecule has 1 aromatic rings. The number of nitrogens with one attached hydrogen (secondary N) is 1. The van der Waals surface area contributed by atoms with Crippen LogP contribution in [-0.2, 0) is 14.3 Å². The number of hydrogen-bond donors (Lipinski definition) is 1. The maximum atomic E-state index is 13.8. The second kappa shape index (κ2) is 8.16. The van der Waals surface area contributed by atoms with E-state index in [0.717, 1.165) is 13.2 Å². The number of halogens is 2. The Kier molecular flexibility index (Phi) is 6.54. The molecular weight excluding hydrogens is 349 g/mol. The van der Waals surface area contributed by atoms with Crippen molar-refractivity contribution in [3.8, 4) is 5.75 Å². The number of carboxylic acid groups (broad SMARTS) is 1. The van der Waals surface area contributed by atoms with Crippen molar-refractivity contribution in [3.05, 3.63) is 35.1 Å². The van der Waals surface area contributed by atoms with Gasteiger partial charge in [-0.05, 0) is 24.6 Å². The fourth-order valence-electron chi connectivity index (χ4n) is 1.50. The number of rotatable bonds is 5. The molecule has 0 heterocycles. The van der Waals surface area contributed by atoms with Gasteiger partial charge in [-0.1, -0.05) is 18.2 Å². The van der Waals surface area contributed by atoms with Crippen LogP contribution in [0.5, 0.6) is 5.75 Å². The lowest BCUT2D eigenvalue weighted by Crippen LogP contribution is -2.31. The van der Waals surface area contributed by atoms with Gasteiger partial charge in [0.25, 0.3) is 6.16 Å². The maximum Gasteiger partial charge on any atom is 0.412 e. The van der Waals surface area contributed by atoms with Gasteiger partial charge >= 0.3 is 12.1 Å². The van der Waals surface area contributed by atoms with Gasteiger partial charge in [0.05, 0.1) is 23.6 Å². The average Bonchev–Trinajstić information content (AvgIpc) is 2.48. The van der Waals surface area contributed by atoms with Crippen LogP contribution in [0.1, 0.15) is 6.92 Å². The standard InChI is InChI=1S/C14H13ClFNO7/c1-6(2)11(12(18)22-3)24-13(19)17-9-5-10(23-14(20)21)7(15)4-8(9)16/h4-5,11H,1H2,2-3H3,(H,17,19)(H,20,21)/p-1. The molecule has 10 heteroatoms. The summed E-state index contributed by atoms with van der Waals surface area (Å²) in [6.45, 7) is 4.89. The van der Waals surface area contributed by atoms with E-state index in [4.69, 9.17) is 16.3 Å². The summed E-state index contributed by atoms with van der Waals surface area (Å²) in [6.07, 6.45) is -4.54. The minimum absolute atomic E-state index is 0.176. The van der Waals surface area contributed by atoms with Crippen LogP contribution in [0.4, 0.5) is 19.7 Å². The minimum atomic E-state index is -1.93. The number of anilines is 1. The molecule has 0 aliphatic rings. The summed E-state index contributed by atoms with van der Waals surface area (Å²) in [5, 5.41) is 12.0. The number of carbonyl (C=O) groups excluding carboxylic acids is 3. The second-order valence-corrected chi connectivity index (χ2v) is 4.80. The molecule has 0 aliphatic carbocycles. The molecule has 1 rings (SSSR count). The number of esters is 1. The van der Waals surface area contributed by atoms with Crippen LogP contribution < -0.4 is 15.2 Å². The van der Waals surface area contributed by atoms with Crippen molar-refractivity contribution >= 4 is 35.5 Å². The zero-order valence-electron chi connectivity index (χ0n) is 12.6. The van der Waals surface area contributed by atoms with E-state index >= 15 is 0 Å². The monoisotopic (exact) mass is 360 g/mol. The zero-order chi connectivity index (χ0) is 18.4. The molecule has 130 valence electrons. The quantitative estimate of drug-likeness (QED) is 0.484. The minimum Gasteiger partial charge on any atom is -0.512 e. The van der Waals surface area contributed by atoms with Crippen LogP contribution >= 0.6 is 11.6 Å². The van der Waals surface area contributed by atoms with Crippen molar-refractivity contribution in [2.24, 2.45) is 0 Å². The third-order valence-electron chi connectivity index (χ3n) is 2.54. The van der Waals surface area contributed by atoms with Crippen LogP contribution in [0.25, 0.3) is 0 Å². The Labute approximate surface area is 140 Å². The molecule has 0 spiro atoms. The zero-order valence-corrected chi connectivity index (χ0v) is 13.3. The largest absolute Gasteiger partial charge is 0.512 e. The molecule has 0 bridgehead atoms. The van der Waals surface area contributed by atoms with Crippen molar-refractivity contribution in [2.75, 3.05) is 12.4 Å². The highest BCUT2D eigenvalue weighted by molar-refractivity contribution is 6.32. The summed E-state index contributed by atoms with van der Waals surface area (Å²) >= 11 is 5.60. The van der Waals surface area contributed by atoms with Gasteiger partial charge in [-0.25, -0.2) is 14.0 Å². The van der Waals surface area contributed by atoms with Crippen molar-refractivity contribution in [3.63, 3.8) is 0 Å². The summed E-state index contributed by atoms with van der Waals surface area (Å²) in [7, 11) is 1.09. The molecule has 1 unspecified atom stereocenters. The molecular formula is C14H12ClFNO7-. The molecule has 0 aromatic heterocycles. The van der Waals surface area contributed by atoms with Crippen LogP contribution in [0.3, 0.4) is 0 Å². The molecule has 1 atom stereocenters. The van der Waals surface area contributed by atoms with Gasteiger partial charge in [-0.3, -0.25) is 5.32 Å². The lowest BCUT2D eigenvalue weighted by molar-refractivity contribution is -0.271. The average molecular weight is 361 g/mol. The van der Waals surface area contributed by atoms with Crippen molar-refractivity contribution in [1.82, 2.24) is 0 Å². The van der Waals surface area contributed by atoms with E-state index in [2.05, 4.69) is 16.1 Å². The van der Waals surface area contributed by atoms with Gasteiger partial charge in [0.2, 0.25) is 6.10 Å². The Bertz CT molecular complexity index is 692. The number of methoxy groups -OCH3 is 1. The highest BCUT2D eigenvalue weighted by atomic mass is 35.5. The second-order valence-electron chi connectivity index (χ2n) is 4.39. The van der Waals surface area contributed by atoms with Gasteiger partial charge in [0.1, 0.15) is 5.82 Å². The number of hydrogen-bond acceptors (Lipinski definition) is 7. The summed E-state index contributed by atoms with van der Waals surface area (Å²) in [6, 6.07) is 1.52. The molecule has 0 saturated carbocycles. The summed E-state index contributed by atoms with van der Waals surface area (Å²) < 4.78 is 27.2. The Hall–Kier alpha value is -2.81. The summed E-state index contributed by atoms with van der Waals surface area (Å²) in [4.78, 5) is 33.6. The van der Waals surface area contributed by atoms with E-state index in [0.29, 0.717) is 6.07 Å². The molecule has 8 nitrogen and oxygen atoms in total. The molecule has 0 aliphatic heterocycles. The highest BCUT2D eigenvalue weighted by Crippen LogP contribution is 2.30. The molecule has 0 radical (unpaired) electrons. The van der Waals surface area contributed by atoms with Crippen LogP contribution in [-0.4, -0.2) is 31.4 Å². The first kappa shape index (κ1) is 19.2. The van der Waals surface area contributed by atoms with Crippen LogP contribution in [0.2, 0.25) is 5.02 Å². The van der Waals surface area contributed by atoms with Crippen molar-refractivity contribution in [1.29, 1.82) is 0 Å². The summed E-state index contributed by atoms with van der Waals surface area (Å²) in [5.41, 5.74) is -0.319. The fourth-order valence-corrected chi connectivity index (χ4v) is 1.69.